The number of halogens is 1. The van der Waals surface area contributed by atoms with Crippen molar-refractivity contribution in [3.05, 3.63) is 41.0 Å². The van der Waals surface area contributed by atoms with E-state index in [0.29, 0.717) is 11.9 Å². The first-order valence-electron chi connectivity index (χ1n) is 7.41. The highest BCUT2D eigenvalue weighted by Gasteiger charge is 2.21. The van der Waals surface area contributed by atoms with Crippen molar-refractivity contribution in [2.45, 2.75) is 45.6 Å². The van der Waals surface area contributed by atoms with Crippen LogP contribution >= 0.6 is 11.6 Å². The number of fused-ring (bicyclic) bond motifs is 1. The van der Waals surface area contributed by atoms with Crippen LogP contribution in [0.1, 0.15) is 55.8 Å². The normalized spacial score (nSPS) is 18.7. The largest absolute Gasteiger partial charge is 0.310 e. The fraction of sp³-hybridized carbons (Fsp3) is 0.529. The summed E-state index contributed by atoms with van der Waals surface area (Å²) in [5.41, 5.74) is 5.55. The van der Waals surface area contributed by atoms with E-state index in [9.17, 15) is 0 Å². The molecule has 2 heteroatoms. The minimum Gasteiger partial charge on any atom is -0.310 e. The summed E-state index contributed by atoms with van der Waals surface area (Å²) < 4.78 is 0. The first-order valence-corrected chi connectivity index (χ1v) is 7.95. The fourth-order valence-electron chi connectivity index (χ4n) is 2.84. The van der Waals surface area contributed by atoms with Gasteiger partial charge in [-0.3, -0.25) is 0 Å². The second kappa shape index (κ2) is 7.12. The maximum absolute atomic E-state index is 6.05. The molecule has 1 aromatic rings. The van der Waals surface area contributed by atoms with E-state index in [2.05, 4.69) is 43.4 Å². The fourth-order valence-corrected chi connectivity index (χ4v) is 3.11. The van der Waals surface area contributed by atoms with Crippen LogP contribution in [0.15, 0.2) is 24.3 Å². The molecule has 2 rings (SSSR count). The molecule has 1 aliphatic rings. The van der Waals surface area contributed by atoms with Gasteiger partial charge in [-0.1, -0.05) is 38.1 Å². The third kappa shape index (κ3) is 3.40. The zero-order valence-electron chi connectivity index (χ0n) is 12.0. The second-order valence-corrected chi connectivity index (χ2v) is 5.50. The lowest BCUT2D eigenvalue weighted by molar-refractivity contribution is 0.529. The smallest absolute Gasteiger partial charge is 0.0476 e. The summed E-state index contributed by atoms with van der Waals surface area (Å²) in [6, 6.07) is 7.42. The lowest BCUT2D eigenvalue weighted by atomic mass is 10.00. The molecular formula is C17H24ClN. The van der Waals surface area contributed by atoms with E-state index in [1.165, 1.54) is 41.5 Å². The van der Waals surface area contributed by atoms with Gasteiger partial charge in [-0.05, 0) is 54.5 Å². The van der Waals surface area contributed by atoms with Crippen molar-refractivity contribution in [2.24, 2.45) is 0 Å². The molecule has 0 heterocycles. The van der Waals surface area contributed by atoms with Gasteiger partial charge in [0.1, 0.15) is 0 Å². The molecular weight excluding hydrogens is 254 g/mol. The summed E-state index contributed by atoms with van der Waals surface area (Å²) in [6.07, 6.45) is 6.88. The highest BCUT2D eigenvalue weighted by Crippen LogP contribution is 2.33. The van der Waals surface area contributed by atoms with Crippen LogP contribution in [0.3, 0.4) is 0 Å². The standard InChI is InChI=1S/C17H24ClN/c1-3-5-15(12-18)13-6-8-16-14(11-13)7-9-17(16)19-10-4-2/h5-6,8,11,17,19H,3-4,7,9-10,12H2,1-2H3/b15-5+/t17-/m1/s1. The lowest BCUT2D eigenvalue weighted by Gasteiger charge is -2.14. The Morgan fingerprint density at radius 2 is 2.26 bits per heavy atom. The van der Waals surface area contributed by atoms with Crippen molar-refractivity contribution in [1.82, 2.24) is 5.32 Å². The molecule has 0 aromatic heterocycles. The van der Waals surface area contributed by atoms with E-state index in [0.717, 1.165) is 13.0 Å². The molecule has 0 fully saturated rings. The Labute approximate surface area is 122 Å². The van der Waals surface area contributed by atoms with Gasteiger partial charge in [-0.25, -0.2) is 0 Å². The predicted octanol–water partition coefficient (Wildman–Crippen LogP) is 4.71. The van der Waals surface area contributed by atoms with Gasteiger partial charge in [0.25, 0.3) is 0 Å². The summed E-state index contributed by atoms with van der Waals surface area (Å²) >= 11 is 6.05. The topological polar surface area (TPSA) is 12.0 Å². The molecule has 0 saturated heterocycles. The quantitative estimate of drug-likeness (QED) is 0.743. The van der Waals surface area contributed by atoms with Crippen LogP contribution in [-0.2, 0) is 6.42 Å². The van der Waals surface area contributed by atoms with Gasteiger partial charge in [0, 0.05) is 11.9 Å². The van der Waals surface area contributed by atoms with Gasteiger partial charge in [-0.2, -0.15) is 0 Å². The van der Waals surface area contributed by atoms with Crippen LogP contribution in [0.4, 0.5) is 0 Å². The lowest BCUT2D eigenvalue weighted by Crippen LogP contribution is -2.19. The van der Waals surface area contributed by atoms with E-state index < -0.39 is 0 Å². The van der Waals surface area contributed by atoms with Gasteiger partial charge < -0.3 is 5.32 Å². The minimum absolute atomic E-state index is 0.554. The van der Waals surface area contributed by atoms with E-state index in [4.69, 9.17) is 11.6 Å². The highest BCUT2D eigenvalue weighted by atomic mass is 35.5. The summed E-state index contributed by atoms with van der Waals surface area (Å²) in [5.74, 6) is 0.601. The van der Waals surface area contributed by atoms with Crippen molar-refractivity contribution >= 4 is 17.2 Å². The third-order valence-electron chi connectivity index (χ3n) is 3.83. The van der Waals surface area contributed by atoms with Crippen LogP contribution in [0.5, 0.6) is 0 Å². The maximum Gasteiger partial charge on any atom is 0.0476 e. The van der Waals surface area contributed by atoms with Crippen molar-refractivity contribution in [3.63, 3.8) is 0 Å². The minimum atomic E-state index is 0.554. The molecule has 0 aliphatic heterocycles. The Bertz CT molecular complexity index is 451. The first kappa shape index (κ1) is 14.6. The molecule has 0 unspecified atom stereocenters. The van der Waals surface area contributed by atoms with E-state index >= 15 is 0 Å². The van der Waals surface area contributed by atoms with Crippen molar-refractivity contribution in [3.8, 4) is 0 Å². The molecule has 0 bridgehead atoms. The van der Waals surface area contributed by atoms with Crippen LogP contribution in [0.25, 0.3) is 5.57 Å². The number of hydrogen-bond acceptors (Lipinski definition) is 1. The van der Waals surface area contributed by atoms with Gasteiger partial charge in [0.2, 0.25) is 0 Å². The summed E-state index contributed by atoms with van der Waals surface area (Å²) in [5, 5.41) is 3.63. The van der Waals surface area contributed by atoms with Gasteiger partial charge in [-0.15, -0.1) is 11.6 Å². The zero-order chi connectivity index (χ0) is 13.7. The Kier molecular flexibility index (Phi) is 5.47. The number of rotatable bonds is 6. The Balaban J connectivity index is 2.19. The van der Waals surface area contributed by atoms with Crippen LogP contribution < -0.4 is 5.32 Å². The second-order valence-electron chi connectivity index (χ2n) is 5.23. The average molecular weight is 278 g/mol. The Hall–Kier alpha value is -0.790. The number of alkyl halides is 1. The van der Waals surface area contributed by atoms with Gasteiger partial charge in [0.15, 0.2) is 0 Å². The number of nitrogens with one attached hydrogen (secondary N) is 1. The van der Waals surface area contributed by atoms with E-state index in [1.54, 1.807) is 0 Å². The first-order chi connectivity index (χ1) is 9.30. The van der Waals surface area contributed by atoms with Crippen molar-refractivity contribution in [2.75, 3.05) is 12.4 Å². The molecule has 1 N–H and O–H groups in total. The molecule has 1 aromatic carbocycles. The Morgan fingerprint density at radius 3 is 2.95 bits per heavy atom. The average Bonchev–Trinajstić information content (AvgIpc) is 2.84. The molecule has 1 aliphatic carbocycles. The molecule has 1 nitrogen and oxygen atoms in total. The molecule has 19 heavy (non-hydrogen) atoms. The van der Waals surface area contributed by atoms with Crippen molar-refractivity contribution in [1.29, 1.82) is 0 Å². The highest BCUT2D eigenvalue weighted by molar-refractivity contribution is 6.23. The number of allylic oxidation sites excluding steroid dienone is 2. The molecule has 0 spiro atoms. The predicted molar refractivity (Wildman–Crippen MR) is 84.8 cm³/mol. The number of aryl methyl sites for hydroxylation is 1. The Morgan fingerprint density at radius 1 is 1.42 bits per heavy atom. The van der Waals surface area contributed by atoms with E-state index in [-0.39, 0.29) is 0 Å². The van der Waals surface area contributed by atoms with Crippen molar-refractivity contribution < 1.29 is 0 Å². The number of benzene rings is 1. The van der Waals surface area contributed by atoms with Crippen LogP contribution in [-0.4, -0.2) is 12.4 Å². The SMILES string of the molecule is CC/C=C(\CCl)c1ccc2c(c1)CC[C@H]2NCCC. The third-order valence-corrected chi connectivity index (χ3v) is 4.11. The summed E-state index contributed by atoms with van der Waals surface area (Å²) in [6.45, 7) is 5.48. The monoisotopic (exact) mass is 277 g/mol. The van der Waals surface area contributed by atoms with Gasteiger partial charge >= 0.3 is 0 Å². The molecule has 0 saturated carbocycles. The maximum atomic E-state index is 6.05. The summed E-state index contributed by atoms with van der Waals surface area (Å²) in [4.78, 5) is 0. The van der Waals surface area contributed by atoms with Crippen LogP contribution in [0.2, 0.25) is 0 Å². The molecule has 1 atom stereocenters. The molecule has 0 amide bonds. The van der Waals surface area contributed by atoms with Gasteiger partial charge in [0.05, 0.1) is 0 Å². The zero-order valence-corrected chi connectivity index (χ0v) is 12.8. The molecule has 104 valence electrons. The summed E-state index contributed by atoms with van der Waals surface area (Å²) in [7, 11) is 0. The number of hydrogen-bond donors (Lipinski definition) is 1. The molecule has 0 radical (unpaired) electrons. The van der Waals surface area contributed by atoms with Crippen LogP contribution in [0, 0.1) is 0 Å². The van der Waals surface area contributed by atoms with E-state index in [1.807, 2.05) is 0 Å².